The van der Waals surface area contributed by atoms with Crippen molar-refractivity contribution in [2.75, 3.05) is 13.1 Å². The molecule has 0 spiro atoms. The molecule has 2 nitrogen and oxygen atoms in total. The van der Waals surface area contributed by atoms with Gasteiger partial charge in [-0.2, -0.15) is 0 Å². The van der Waals surface area contributed by atoms with Gasteiger partial charge in [-0.25, -0.2) is 0 Å². The smallest absolute Gasteiger partial charge is 0.0153 e. The Labute approximate surface area is 133 Å². The number of piperidine rings is 1. The molecular formula is C19H38N2. The number of hydrogen-bond acceptors (Lipinski definition) is 2. The van der Waals surface area contributed by atoms with Crippen molar-refractivity contribution in [3.63, 3.8) is 0 Å². The second-order valence-electron chi connectivity index (χ2n) is 9.79. The zero-order valence-corrected chi connectivity index (χ0v) is 15.5. The van der Waals surface area contributed by atoms with E-state index in [1.807, 2.05) is 0 Å². The lowest BCUT2D eigenvalue weighted by atomic mass is 9.71. The SMILES string of the molecule is CC(C)N1CC2CCCC(C1)C2NC(C)(C)CC(C)(C)C. The lowest BCUT2D eigenvalue weighted by Crippen LogP contribution is -2.62. The summed E-state index contributed by atoms with van der Waals surface area (Å²) < 4.78 is 0. The molecule has 2 rings (SSSR count). The summed E-state index contributed by atoms with van der Waals surface area (Å²) in [6.07, 6.45) is 5.52. The molecule has 0 radical (unpaired) electrons. The molecule has 2 fully saturated rings. The Bertz CT molecular complexity index is 326. The van der Waals surface area contributed by atoms with Crippen LogP contribution in [0.25, 0.3) is 0 Å². The third kappa shape index (κ3) is 4.69. The number of likely N-dealkylation sites (tertiary alicyclic amines) is 1. The number of rotatable bonds is 4. The number of nitrogens with zero attached hydrogens (tertiary/aromatic N) is 1. The minimum absolute atomic E-state index is 0.247. The molecule has 2 aliphatic rings. The maximum absolute atomic E-state index is 4.09. The zero-order chi connectivity index (χ0) is 15.8. The van der Waals surface area contributed by atoms with Gasteiger partial charge < -0.3 is 10.2 Å². The maximum Gasteiger partial charge on any atom is 0.0153 e. The Morgan fingerprint density at radius 1 is 1.00 bits per heavy atom. The van der Waals surface area contributed by atoms with Gasteiger partial charge in [-0.1, -0.05) is 27.2 Å². The molecule has 2 atom stereocenters. The molecule has 1 N–H and O–H groups in total. The third-order valence-corrected chi connectivity index (χ3v) is 5.36. The monoisotopic (exact) mass is 294 g/mol. The second kappa shape index (κ2) is 6.20. The topological polar surface area (TPSA) is 15.3 Å². The van der Waals surface area contributed by atoms with Crippen LogP contribution in [0.4, 0.5) is 0 Å². The van der Waals surface area contributed by atoms with E-state index in [0.29, 0.717) is 11.5 Å². The number of hydrogen-bond donors (Lipinski definition) is 1. The first kappa shape index (κ1) is 17.3. The predicted molar refractivity (Wildman–Crippen MR) is 92.6 cm³/mol. The third-order valence-electron chi connectivity index (χ3n) is 5.36. The van der Waals surface area contributed by atoms with Crippen LogP contribution in [-0.4, -0.2) is 35.6 Å². The molecule has 0 amide bonds. The zero-order valence-electron chi connectivity index (χ0n) is 15.5. The highest BCUT2D eigenvalue weighted by Crippen LogP contribution is 2.38. The molecule has 2 unspecified atom stereocenters. The Morgan fingerprint density at radius 3 is 1.95 bits per heavy atom. The molecule has 0 aromatic rings. The normalized spacial score (nSPS) is 31.7. The fraction of sp³-hybridized carbons (Fsp3) is 1.00. The summed E-state index contributed by atoms with van der Waals surface area (Å²) in [6, 6.07) is 1.45. The van der Waals surface area contributed by atoms with Crippen molar-refractivity contribution in [2.45, 2.75) is 91.8 Å². The van der Waals surface area contributed by atoms with Gasteiger partial charge in [-0.05, 0) is 64.2 Å². The lowest BCUT2D eigenvalue weighted by Gasteiger charge is -2.51. The average Bonchev–Trinajstić information content (AvgIpc) is 2.23. The first-order valence-corrected chi connectivity index (χ1v) is 9.09. The van der Waals surface area contributed by atoms with Gasteiger partial charge in [0, 0.05) is 30.7 Å². The summed E-state index contributed by atoms with van der Waals surface area (Å²) in [4.78, 5) is 2.71. The van der Waals surface area contributed by atoms with E-state index < -0.39 is 0 Å². The Hall–Kier alpha value is -0.0800. The first-order chi connectivity index (χ1) is 9.57. The average molecular weight is 295 g/mol. The lowest BCUT2D eigenvalue weighted by molar-refractivity contribution is 0.0144. The van der Waals surface area contributed by atoms with Crippen LogP contribution in [0.15, 0.2) is 0 Å². The van der Waals surface area contributed by atoms with Crippen LogP contribution in [0.2, 0.25) is 0 Å². The van der Waals surface area contributed by atoms with Crippen LogP contribution in [0.5, 0.6) is 0 Å². The molecule has 1 heterocycles. The van der Waals surface area contributed by atoms with E-state index in [4.69, 9.17) is 0 Å². The fourth-order valence-electron chi connectivity index (χ4n) is 4.96. The molecular weight excluding hydrogens is 256 g/mol. The van der Waals surface area contributed by atoms with E-state index in [-0.39, 0.29) is 5.54 Å². The van der Waals surface area contributed by atoms with E-state index in [2.05, 4.69) is 58.7 Å². The van der Waals surface area contributed by atoms with E-state index in [1.54, 1.807) is 0 Å². The summed E-state index contributed by atoms with van der Waals surface area (Å²) >= 11 is 0. The Kier molecular flexibility index (Phi) is 5.10. The van der Waals surface area contributed by atoms with E-state index in [0.717, 1.165) is 17.9 Å². The summed E-state index contributed by atoms with van der Waals surface area (Å²) in [5.74, 6) is 1.72. The molecule has 0 aromatic heterocycles. The van der Waals surface area contributed by atoms with Crippen molar-refractivity contribution < 1.29 is 0 Å². The van der Waals surface area contributed by atoms with E-state index in [1.165, 1.54) is 38.8 Å². The van der Waals surface area contributed by atoms with Gasteiger partial charge in [-0.3, -0.25) is 0 Å². The second-order valence-corrected chi connectivity index (χ2v) is 9.79. The molecule has 124 valence electrons. The van der Waals surface area contributed by atoms with Crippen molar-refractivity contribution in [1.29, 1.82) is 0 Å². The minimum Gasteiger partial charge on any atom is -0.308 e. The van der Waals surface area contributed by atoms with Gasteiger partial charge in [-0.15, -0.1) is 0 Å². The van der Waals surface area contributed by atoms with Crippen molar-refractivity contribution in [3.8, 4) is 0 Å². The molecule has 2 heteroatoms. The van der Waals surface area contributed by atoms with Crippen LogP contribution < -0.4 is 5.32 Å². The van der Waals surface area contributed by atoms with Crippen molar-refractivity contribution in [3.05, 3.63) is 0 Å². The van der Waals surface area contributed by atoms with Crippen LogP contribution >= 0.6 is 0 Å². The van der Waals surface area contributed by atoms with Crippen LogP contribution in [0, 0.1) is 17.3 Å². The summed E-state index contributed by atoms with van der Waals surface area (Å²) in [5.41, 5.74) is 0.640. The van der Waals surface area contributed by atoms with Gasteiger partial charge in [0.15, 0.2) is 0 Å². The Balaban J connectivity index is 2.03. The van der Waals surface area contributed by atoms with Crippen LogP contribution in [0.1, 0.15) is 74.1 Å². The van der Waals surface area contributed by atoms with Gasteiger partial charge in [0.2, 0.25) is 0 Å². The van der Waals surface area contributed by atoms with Gasteiger partial charge in [0.1, 0.15) is 0 Å². The molecule has 1 saturated heterocycles. The highest BCUT2D eigenvalue weighted by atomic mass is 15.2. The summed E-state index contributed by atoms with van der Waals surface area (Å²) in [7, 11) is 0. The highest BCUT2D eigenvalue weighted by Gasteiger charge is 2.42. The fourth-order valence-corrected chi connectivity index (χ4v) is 4.96. The van der Waals surface area contributed by atoms with E-state index in [9.17, 15) is 0 Å². The molecule has 0 aromatic carbocycles. The number of nitrogens with one attached hydrogen (secondary N) is 1. The predicted octanol–water partition coefficient (Wildman–Crippen LogP) is 4.30. The molecule has 1 aliphatic carbocycles. The van der Waals surface area contributed by atoms with Crippen LogP contribution in [0.3, 0.4) is 0 Å². The number of fused-ring (bicyclic) bond motifs is 2. The highest BCUT2D eigenvalue weighted by molar-refractivity contribution is 4.99. The maximum atomic E-state index is 4.09. The summed E-state index contributed by atoms with van der Waals surface area (Å²) in [5, 5.41) is 4.09. The van der Waals surface area contributed by atoms with Crippen molar-refractivity contribution in [2.24, 2.45) is 17.3 Å². The van der Waals surface area contributed by atoms with Gasteiger partial charge in [0.25, 0.3) is 0 Å². The van der Waals surface area contributed by atoms with Crippen molar-refractivity contribution in [1.82, 2.24) is 10.2 Å². The standard InChI is InChI=1S/C19H38N2/c1-14(2)21-11-15-9-8-10-16(12-21)17(15)20-19(6,7)13-18(3,4)5/h14-17,20H,8-13H2,1-7H3. The van der Waals surface area contributed by atoms with E-state index >= 15 is 0 Å². The minimum atomic E-state index is 0.247. The van der Waals surface area contributed by atoms with Gasteiger partial charge >= 0.3 is 0 Å². The molecule has 21 heavy (non-hydrogen) atoms. The Morgan fingerprint density at radius 2 is 1.52 bits per heavy atom. The molecule has 1 saturated carbocycles. The van der Waals surface area contributed by atoms with Gasteiger partial charge in [0.05, 0.1) is 0 Å². The first-order valence-electron chi connectivity index (χ1n) is 9.09. The van der Waals surface area contributed by atoms with Crippen molar-refractivity contribution >= 4 is 0 Å². The summed E-state index contributed by atoms with van der Waals surface area (Å²) in [6.45, 7) is 19.2. The quantitative estimate of drug-likeness (QED) is 0.831. The largest absolute Gasteiger partial charge is 0.308 e. The molecule has 1 aliphatic heterocycles. The van der Waals surface area contributed by atoms with Crippen LogP contribution in [-0.2, 0) is 0 Å². The molecule has 2 bridgehead atoms.